The number of aliphatic hydroxyl groups excluding tert-OH is 1. The summed E-state index contributed by atoms with van der Waals surface area (Å²) >= 11 is 0. The van der Waals surface area contributed by atoms with Crippen LogP contribution < -0.4 is 10.5 Å². The van der Waals surface area contributed by atoms with Crippen molar-refractivity contribution in [3.63, 3.8) is 0 Å². The van der Waals surface area contributed by atoms with E-state index in [0.29, 0.717) is 12.5 Å². The van der Waals surface area contributed by atoms with E-state index in [1.54, 1.807) is 6.92 Å². The molecule has 2 N–H and O–H groups in total. The van der Waals surface area contributed by atoms with Crippen molar-refractivity contribution in [3.8, 4) is 0 Å². The number of aromatic nitrogens is 1. The number of alkyl halides is 6. The molecule has 0 aliphatic carbocycles. The number of aromatic amines is 1. The van der Waals surface area contributed by atoms with Crippen molar-refractivity contribution in [3.05, 3.63) is 40.2 Å². The number of halogens is 6. The molecule has 4 nitrogen and oxygen atoms in total. The molecule has 1 fully saturated rings. The Morgan fingerprint density at radius 3 is 2.41 bits per heavy atom. The maximum Gasteiger partial charge on any atom is 0.417 e. The molecule has 1 aliphatic rings. The Morgan fingerprint density at radius 2 is 1.81 bits per heavy atom. The van der Waals surface area contributed by atoms with Gasteiger partial charge in [0.15, 0.2) is 6.10 Å². The number of anilines is 1. The van der Waals surface area contributed by atoms with E-state index in [1.807, 2.05) is 0 Å². The Hall–Kier alpha value is -2.23. The molecule has 3 rings (SSSR count). The zero-order valence-electron chi connectivity index (χ0n) is 14.0. The number of nitrogens with one attached hydrogen (secondary N) is 1. The van der Waals surface area contributed by atoms with Gasteiger partial charge in [-0.25, -0.2) is 0 Å². The first kappa shape index (κ1) is 19.5. The molecule has 1 aliphatic heterocycles. The third-order valence-corrected chi connectivity index (χ3v) is 4.84. The summed E-state index contributed by atoms with van der Waals surface area (Å²) in [5.41, 5.74) is -2.04. The van der Waals surface area contributed by atoms with Crippen LogP contribution in [0.5, 0.6) is 0 Å². The van der Waals surface area contributed by atoms with Gasteiger partial charge in [-0.05, 0) is 38.0 Å². The SMILES string of the molecule is CC1CCC([C@@H](O)C(F)(F)F)N1c1ccc2[nH]c(=O)cc(C(F)(F)F)c2c1. The van der Waals surface area contributed by atoms with Gasteiger partial charge < -0.3 is 15.0 Å². The van der Waals surface area contributed by atoms with Gasteiger partial charge in [-0.3, -0.25) is 4.79 Å². The molecule has 0 spiro atoms. The third kappa shape index (κ3) is 3.62. The van der Waals surface area contributed by atoms with E-state index in [9.17, 15) is 36.2 Å². The Labute approximate surface area is 149 Å². The fourth-order valence-electron chi connectivity index (χ4n) is 3.63. The smallest absolute Gasteiger partial charge is 0.382 e. The number of hydrogen-bond donors (Lipinski definition) is 2. The zero-order chi connectivity index (χ0) is 20.1. The maximum atomic E-state index is 13.3. The van der Waals surface area contributed by atoms with Crippen LogP contribution in [0.15, 0.2) is 29.1 Å². The lowest BCUT2D eigenvalue weighted by molar-refractivity contribution is -0.209. The summed E-state index contributed by atoms with van der Waals surface area (Å²) in [5.74, 6) is 0. The van der Waals surface area contributed by atoms with E-state index in [0.717, 1.165) is 6.07 Å². The summed E-state index contributed by atoms with van der Waals surface area (Å²) in [6.07, 6.45) is -11.8. The van der Waals surface area contributed by atoms with Gasteiger partial charge in [0.2, 0.25) is 5.56 Å². The van der Waals surface area contributed by atoms with Gasteiger partial charge in [-0.2, -0.15) is 26.3 Å². The van der Waals surface area contributed by atoms with Gasteiger partial charge in [0.05, 0.1) is 11.6 Å². The minimum atomic E-state index is -4.84. The molecular formula is C17H16F6N2O2. The van der Waals surface area contributed by atoms with Crippen LogP contribution in [0.2, 0.25) is 0 Å². The third-order valence-electron chi connectivity index (χ3n) is 4.84. The van der Waals surface area contributed by atoms with Crippen LogP contribution >= 0.6 is 0 Å². The monoisotopic (exact) mass is 394 g/mol. The van der Waals surface area contributed by atoms with Crippen LogP contribution in [0.4, 0.5) is 32.0 Å². The van der Waals surface area contributed by atoms with Crippen molar-refractivity contribution in [1.29, 1.82) is 0 Å². The van der Waals surface area contributed by atoms with Crippen LogP contribution in [-0.4, -0.2) is 34.5 Å². The first-order valence-electron chi connectivity index (χ1n) is 8.17. The molecule has 1 aromatic carbocycles. The minimum absolute atomic E-state index is 0.0532. The Kier molecular flexibility index (Phi) is 4.65. The van der Waals surface area contributed by atoms with Crippen LogP contribution in [0.25, 0.3) is 10.9 Å². The standard InChI is InChI=1S/C17H16F6N2O2/c1-8-2-5-13(15(27)17(21,22)23)25(8)9-3-4-12-10(6-9)11(16(18,19)20)7-14(26)24-12/h3-4,6-8,13,15,27H,2,5H2,1H3,(H,24,26)/t8?,13?,15-/m1/s1. The van der Waals surface area contributed by atoms with E-state index in [4.69, 9.17) is 0 Å². The number of rotatable bonds is 2. The topological polar surface area (TPSA) is 56.3 Å². The van der Waals surface area contributed by atoms with Crippen molar-refractivity contribution < 1.29 is 31.4 Å². The molecule has 2 aromatic rings. The van der Waals surface area contributed by atoms with Gasteiger partial charge in [-0.1, -0.05) is 0 Å². The summed E-state index contributed by atoms with van der Waals surface area (Å²) in [6, 6.07) is 2.39. The summed E-state index contributed by atoms with van der Waals surface area (Å²) in [6.45, 7) is 1.64. The molecule has 2 heterocycles. The van der Waals surface area contributed by atoms with E-state index in [2.05, 4.69) is 4.98 Å². The Morgan fingerprint density at radius 1 is 1.15 bits per heavy atom. The summed E-state index contributed by atoms with van der Waals surface area (Å²) in [7, 11) is 0. The minimum Gasteiger partial charge on any atom is -0.382 e. The van der Waals surface area contributed by atoms with Crippen molar-refractivity contribution in [2.45, 2.75) is 50.3 Å². The largest absolute Gasteiger partial charge is 0.417 e. The highest BCUT2D eigenvalue weighted by Gasteiger charge is 2.48. The second-order valence-electron chi connectivity index (χ2n) is 6.66. The number of nitrogens with zero attached hydrogens (tertiary/aromatic N) is 1. The number of H-pyrrole nitrogens is 1. The van der Waals surface area contributed by atoms with Gasteiger partial charge >= 0.3 is 12.4 Å². The van der Waals surface area contributed by atoms with Gasteiger partial charge in [-0.15, -0.1) is 0 Å². The molecule has 3 atom stereocenters. The van der Waals surface area contributed by atoms with Crippen LogP contribution in [0.3, 0.4) is 0 Å². The highest BCUT2D eigenvalue weighted by atomic mass is 19.4. The molecule has 0 radical (unpaired) electrons. The Bertz CT molecular complexity index is 905. The fourth-order valence-corrected chi connectivity index (χ4v) is 3.63. The summed E-state index contributed by atoms with van der Waals surface area (Å²) < 4.78 is 78.8. The summed E-state index contributed by atoms with van der Waals surface area (Å²) in [5, 5.41) is 9.35. The average Bonchev–Trinajstić information content (AvgIpc) is 2.92. The molecule has 1 saturated heterocycles. The van der Waals surface area contributed by atoms with Crippen LogP contribution in [0, 0.1) is 0 Å². The van der Waals surface area contributed by atoms with Crippen molar-refractivity contribution in [2.24, 2.45) is 0 Å². The zero-order valence-corrected chi connectivity index (χ0v) is 14.0. The maximum absolute atomic E-state index is 13.3. The lowest BCUT2D eigenvalue weighted by Crippen LogP contribution is -2.48. The highest BCUT2D eigenvalue weighted by Crippen LogP contribution is 2.39. The fraction of sp³-hybridized carbons (Fsp3) is 0.471. The van der Waals surface area contributed by atoms with E-state index < -0.39 is 41.7 Å². The molecule has 10 heteroatoms. The number of pyridine rings is 1. The molecule has 0 amide bonds. The normalized spacial score (nSPS) is 22.4. The van der Waals surface area contributed by atoms with Crippen LogP contribution in [-0.2, 0) is 6.18 Å². The molecule has 148 valence electrons. The molecule has 27 heavy (non-hydrogen) atoms. The van der Waals surface area contributed by atoms with E-state index >= 15 is 0 Å². The van der Waals surface area contributed by atoms with Crippen LogP contribution in [0.1, 0.15) is 25.3 Å². The lowest BCUT2D eigenvalue weighted by atomic mass is 10.0. The average molecular weight is 394 g/mol. The first-order valence-corrected chi connectivity index (χ1v) is 8.17. The van der Waals surface area contributed by atoms with Gasteiger partial charge in [0.25, 0.3) is 0 Å². The molecular weight excluding hydrogens is 378 g/mol. The van der Waals surface area contributed by atoms with Crippen molar-refractivity contribution >= 4 is 16.6 Å². The van der Waals surface area contributed by atoms with E-state index in [1.165, 1.54) is 17.0 Å². The quantitative estimate of drug-likeness (QED) is 0.762. The molecule has 2 unspecified atom stereocenters. The number of fused-ring (bicyclic) bond motifs is 1. The van der Waals surface area contributed by atoms with Crippen molar-refractivity contribution in [1.82, 2.24) is 4.98 Å². The number of hydrogen-bond acceptors (Lipinski definition) is 3. The number of aliphatic hydroxyl groups is 1. The highest BCUT2D eigenvalue weighted by molar-refractivity contribution is 5.86. The van der Waals surface area contributed by atoms with Gasteiger partial charge in [0, 0.05) is 28.7 Å². The lowest BCUT2D eigenvalue weighted by Gasteiger charge is -2.34. The van der Waals surface area contributed by atoms with Gasteiger partial charge in [0.1, 0.15) is 0 Å². The van der Waals surface area contributed by atoms with E-state index in [-0.39, 0.29) is 23.0 Å². The van der Waals surface area contributed by atoms with Crippen molar-refractivity contribution in [2.75, 3.05) is 4.90 Å². The summed E-state index contributed by atoms with van der Waals surface area (Å²) in [4.78, 5) is 15.1. The first-order chi connectivity index (χ1) is 12.4. The predicted molar refractivity (Wildman–Crippen MR) is 86.6 cm³/mol. The molecule has 0 saturated carbocycles. The molecule has 0 bridgehead atoms. The molecule has 1 aromatic heterocycles. The number of benzene rings is 1. The second kappa shape index (κ2) is 6.43. The second-order valence-corrected chi connectivity index (χ2v) is 6.66. The Balaban J connectivity index is 2.13. The predicted octanol–water partition coefficient (Wildman–Crippen LogP) is 3.83.